The lowest BCUT2D eigenvalue weighted by molar-refractivity contribution is -0.384. The standard InChI is InChI=1S/C12H11BrN2O2S/c13-12-5-4-11(18-12)8-14-7-9-2-1-3-10(6-9)15(16)17/h1-6,14H,7-8H2. The SMILES string of the molecule is O=[N+]([O-])c1cccc(CNCc2ccc(Br)s2)c1. The largest absolute Gasteiger partial charge is 0.308 e. The van der Waals surface area contributed by atoms with E-state index in [-0.39, 0.29) is 10.6 Å². The Labute approximate surface area is 117 Å². The molecule has 0 radical (unpaired) electrons. The fraction of sp³-hybridized carbons (Fsp3) is 0.167. The Kier molecular flexibility index (Phi) is 4.46. The van der Waals surface area contributed by atoms with E-state index in [1.165, 1.54) is 10.9 Å². The van der Waals surface area contributed by atoms with E-state index in [9.17, 15) is 10.1 Å². The van der Waals surface area contributed by atoms with Crippen LogP contribution >= 0.6 is 27.3 Å². The molecular weight excluding hydrogens is 316 g/mol. The highest BCUT2D eigenvalue weighted by molar-refractivity contribution is 9.11. The van der Waals surface area contributed by atoms with E-state index in [1.54, 1.807) is 23.5 Å². The number of rotatable bonds is 5. The van der Waals surface area contributed by atoms with Crippen LogP contribution in [0.25, 0.3) is 0 Å². The zero-order valence-corrected chi connectivity index (χ0v) is 11.8. The molecule has 2 aromatic rings. The number of thiophene rings is 1. The Bertz CT molecular complexity index is 557. The molecule has 2 rings (SSSR count). The number of nitro groups is 1. The number of nitro benzene ring substituents is 1. The summed E-state index contributed by atoms with van der Waals surface area (Å²) in [5.41, 5.74) is 1.05. The summed E-state index contributed by atoms with van der Waals surface area (Å²) in [6.07, 6.45) is 0. The first-order chi connectivity index (χ1) is 8.65. The molecule has 6 heteroatoms. The summed E-state index contributed by atoms with van der Waals surface area (Å²) in [5, 5.41) is 13.9. The number of non-ortho nitro benzene ring substituents is 1. The average molecular weight is 327 g/mol. The highest BCUT2D eigenvalue weighted by Crippen LogP contribution is 2.21. The molecule has 18 heavy (non-hydrogen) atoms. The molecule has 0 bridgehead atoms. The van der Waals surface area contributed by atoms with Gasteiger partial charge in [-0.2, -0.15) is 0 Å². The van der Waals surface area contributed by atoms with Crippen molar-refractivity contribution in [1.82, 2.24) is 5.32 Å². The first-order valence-corrected chi connectivity index (χ1v) is 6.94. The van der Waals surface area contributed by atoms with Gasteiger partial charge in [0.2, 0.25) is 0 Å². The third-order valence-corrected chi connectivity index (χ3v) is 4.00. The maximum absolute atomic E-state index is 10.6. The molecule has 4 nitrogen and oxygen atoms in total. The van der Waals surface area contributed by atoms with Gasteiger partial charge in [-0.3, -0.25) is 10.1 Å². The van der Waals surface area contributed by atoms with E-state index in [1.807, 2.05) is 12.1 Å². The van der Waals surface area contributed by atoms with Crippen LogP contribution in [0.2, 0.25) is 0 Å². The van der Waals surface area contributed by atoms with Crippen LogP contribution in [0.5, 0.6) is 0 Å². The monoisotopic (exact) mass is 326 g/mol. The fourth-order valence-corrected chi connectivity index (χ4v) is 3.01. The second-order valence-corrected chi connectivity index (χ2v) is 6.28. The van der Waals surface area contributed by atoms with Crippen molar-refractivity contribution in [3.63, 3.8) is 0 Å². The van der Waals surface area contributed by atoms with Gasteiger partial charge in [0.05, 0.1) is 8.71 Å². The first kappa shape index (κ1) is 13.2. The quantitative estimate of drug-likeness (QED) is 0.673. The molecule has 0 aliphatic carbocycles. The van der Waals surface area contributed by atoms with Crippen LogP contribution in [0, 0.1) is 10.1 Å². The predicted octanol–water partition coefficient (Wildman–Crippen LogP) is 3.71. The van der Waals surface area contributed by atoms with Crippen LogP contribution < -0.4 is 5.32 Å². The molecule has 0 fully saturated rings. The second-order valence-electron chi connectivity index (χ2n) is 3.74. The maximum atomic E-state index is 10.6. The van der Waals surface area contributed by atoms with Crippen molar-refractivity contribution in [3.8, 4) is 0 Å². The zero-order valence-electron chi connectivity index (χ0n) is 9.43. The molecule has 1 N–H and O–H groups in total. The molecule has 0 amide bonds. The summed E-state index contributed by atoms with van der Waals surface area (Å²) in [5.74, 6) is 0. The molecule has 94 valence electrons. The van der Waals surface area contributed by atoms with Crippen molar-refractivity contribution in [2.45, 2.75) is 13.1 Å². The zero-order chi connectivity index (χ0) is 13.0. The van der Waals surface area contributed by atoms with Crippen molar-refractivity contribution in [1.29, 1.82) is 0 Å². The Morgan fingerprint density at radius 1 is 1.28 bits per heavy atom. The molecule has 1 aromatic heterocycles. The van der Waals surface area contributed by atoms with Crippen LogP contribution in [0.15, 0.2) is 40.2 Å². The van der Waals surface area contributed by atoms with Crippen LogP contribution in [0.4, 0.5) is 5.69 Å². The van der Waals surface area contributed by atoms with Gasteiger partial charge in [-0.15, -0.1) is 11.3 Å². The lowest BCUT2D eigenvalue weighted by Gasteiger charge is -2.03. The van der Waals surface area contributed by atoms with Gasteiger partial charge in [-0.05, 0) is 33.6 Å². The van der Waals surface area contributed by atoms with Crippen LogP contribution in [-0.2, 0) is 13.1 Å². The Balaban J connectivity index is 1.90. The predicted molar refractivity (Wildman–Crippen MR) is 75.7 cm³/mol. The smallest absolute Gasteiger partial charge is 0.269 e. The molecule has 0 aliphatic rings. The van der Waals surface area contributed by atoms with Crippen molar-refractivity contribution in [2.75, 3.05) is 0 Å². The number of halogens is 1. The van der Waals surface area contributed by atoms with Gasteiger partial charge in [-0.1, -0.05) is 12.1 Å². The van der Waals surface area contributed by atoms with Crippen LogP contribution in [0.3, 0.4) is 0 Å². The summed E-state index contributed by atoms with van der Waals surface area (Å²) in [6, 6.07) is 10.7. The lowest BCUT2D eigenvalue weighted by atomic mass is 10.2. The van der Waals surface area contributed by atoms with Gasteiger partial charge in [0.25, 0.3) is 5.69 Å². The Morgan fingerprint density at radius 2 is 2.11 bits per heavy atom. The van der Waals surface area contributed by atoms with E-state index in [0.29, 0.717) is 6.54 Å². The fourth-order valence-electron chi connectivity index (χ4n) is 1.56. The molecular formula is C12H11BrN2O2S. The van der Waals surface area contributed by atoms with Gasteiger partial charge in [0.15, 0.2) is 0 Å². The van der Waals surface area contributed by atoms with Crippen molar-refractivity contribution >= 4 is 33.0 Å². The van der Waals surface area contributed by atoms with E-state index in [4.69, 9.17) is 0 Å². The van der Waals surface area contributed by atoms with Gasteiger partial charge < -0.3 is 5.32 Å². The number of benzene rings is 1. The molecule has 0 atom stereocenters. The second kappa shape index (κ2) is 6.08. The Hall–Kier alpha value is -1.24. The highest BCUT2D eigenvalue weighted by Gasteiger charge is 2.05. The number of nitrogens with one attached hydrogen (secondary N) is 1. The van der Waals surface area contributed by atoms with Crippen molar-refractivity contribution < 1.29 is 4.92 Å². The van der Waals surface area contributed by atoms with Crippen molar-refractivity contribution in [3.05, 3.63) is 60.7 Å². The molecule has 0 unspecified atom stereocenters. The lowest BCUT2D eigenvalue weighted by Crippen LogP contribution is -2.11. The number of hydrogen-bond donors (Lipinski definition) is 1. The van der Waals surface area contributed by atoms with Crippen LogP contribution in [-0.4, -0.2) is 4.92 Å². The summed E-state index contributed by atoms with van der Waals surface area (Å²) in [4.78, 5) is 11.5. The Morgan fingerprint density at radius 3 is 2.78 bits per heavy atom. The molecule has 1 heterocycles. The minimum atomic E-state index is -0.375. The van der Waals surface area contributed by atoms with Gasteiger partial charge in [-0.25, -0.2) is 0 Å². The molecule has 0 saturated heterocycles. The van der Waals surface area contributed by atoms with Crippen molar-refractivity contribution in [2.24, 2.45) is 0 Å². The normalized spacial score (nSPS) is 10.5. The highest BCUT2D eigenvalue weighted by atomic mass is 79.9. The summed E-state index contributed by atoms with van der Waals surface area (Å²) in [7, 11) is 0. The molecule has 1 aromatic carbocycles. The third kappa shape index (κ3) is 3.63. The summed E-state index contributed by atoms with van der Waals surface area (Å²) < 4.78 is 1.11. The minimum Gasteiger partial charge on any atom is -0.308 e. The minimum absolute atomic E-state index is 0.133. The van der Waals surface area contributed by atoms with E-state index in [0.717, 1.165) is 15.9 Å². The molecule has 0 saturated carbocycles. The third-order valence-electron chi connectivity index (χ3n) is 2.38. The molecule has 0 spiro atoms. The molecule has 0 aliphatic heterocycles. The van der Waals surface area contributed by atoms with Gasteiger partial charge >= 0.3 is 0 Å². The summed E-state index contributed by atoms with van der Waals surface area (Å²) >= 11 is 5.09. The maximum Gasteiger partial charge on any atom is 0.269 e. The van der Waals surface area contributed by atoms with Crippen LogP contribution in [0.1, 0.15) is 10.4 Å². The van der Waals surface area contributed by atoms with E-state index >= 15 is 0 Å². The number of hydrogen-bond acceptors (Lipinski definition) is 4. The topological polar surface area (TPSA) is 55.2 Å². The first-order valence-electron chi connectivity index (χ1n) is 5.33. The number of nitrogens with zero attached hydrogens (tertiary/aromatic N) is 1. The van der Waals surface area contributed by atoms with Gasteiger partial charge in [0.1, 0.15) is 0 Å². The summed E-state index contributed by atoms with van der Waals surface area (Å²) in [6.45, 7) is 1.39. The average Bonchev–Trinajstić information content (AvgIpc) is 2.75. The van der Waals surface area contributed by atoms with Gasteiger partial charge in [0, 0.05) is 30.1 Å². The van der Waals surface area contributed by atoms with E-state index < -0.39 is 0 Å². The van der Waals surface area contributed by atoms with E-state index in [2.05, 4.69) is 27.3 Å².